The van der Waals surface area contributed by atoms with Gasteiger partial charge in [0.2, 0.25) is 0 Å². The van der Waals surface area contributed by atoms with Gasteiger partial charge in [0.1, 0.15) is 23.3 Å². The molecule has 24 heavy (non-hydrogen) atoms. The third-order valence-electron chi connectivity index (χ3n) is 3.11. The van der Waals surface area contributed by atoms with Gasteiger partial charge >= 0.3 is 6.09 Å². The Kier molecular flexibility index (Phi) is 5.24. The Hall–Kier alpha value is -2.82. The fourth-order valence-corrected chi connectivity index (χ4v) is 2.00. The van der Waals surface area contributed by atoms with Gasteiger partial charge in [-0.1, -0.05) is 0 Å². The van der Waals surface area contributed by atoms with Gasteiger partial charge in [-0.25, -0.2) is 9.18 Å². The smallest absolute Gasteiger partial charge is 0.410 e. The van der Waals surface area contributed by atoms with E-state index in [4.69, 9.17) is 10.00 Å². The first kappa shape index (κ1) is 17.5. The Labute approximate surface area is 140 Å². The number of carbonyl (C=O) groups is 1. The van der Waals surface area contributed by atoms with Crippen molar-refractivity contribution in [3.05, 3.63) is 29.6 Å². The van der Waals surface area contributed by atoms with Crippen molar-refractivity contribution in [1.82, 2.24) is 10.3 Å². The monoisotopic (exact) mass is 333 g/mol. The molecule has 2 rings (SSSR count). The lowest BCUT2D eigenvalue weighted by Gasteiger charge is -2.30. The highest BCUT2D eigenvalue weighted by molar-refractivity contribution is 5.88. The number of nitrogens with zero attached hydrogens (tertiary/aromatic N) is 3. The summed E-state index contributed by atoms with van der Waals surface area (Å²) < 4.78 is 18.9. The lowest BCUT2D eigenvalue weighted by atomic mass is 10.2. The van der Waals surface area contributed by atoms with Crippen LogP contribution in [0, 0.1) is 17.1 Å². The number of hydrogen-bond donors (Lipinski definition) is 2. The molecule has 0 unspecified atom stereocenters. The SMILES string of the molecule is CC(C)(C)OC(=O)N1CCN=C(NNc2ccc(C#N)c(F)c2)C1. The second kappa shape index (κ2) is 7.17. The molecule has 0 radical (unpaired) electrons. The third kappa shape index (κ3) is 4.84. The van der Waals surface area contributed by atoms with Crippen molar-refractivity contribution in [2.45, 2.75) is 26.4 Å². The van der Waals surface area contributed by atoms with Crippen LogP contribution in [0.5, 0.6) is 0 Å². The van der Waals surface area contributed by atoms with Crippen LogP contribution in [0.15, 0.2) is 23.2 Å². The van der Waals surface area contributed by atoms with E-state index >= 15 is 0 Å². The summed E-state index contributed by atoms with van der Waals surface area (Å²) in [5.74, 6) is -0.0675. The van der Waals surface area contributed by atoms with Crippen molar-refractivity contribution < 1.29 is 13.9 Å². The predicted molar refractivity (Wildman–Crippen MR) is 88.0 cm³/mol. The van der Waals surface area contributed by atoms with Gasteiger partial charge in [-0.2, -0.15) is 5.26 Å². The fraction of sp³-hybridized carbons (Fsp3) is 0.438. The zero-order valence-corrected chi connectivity index (χ0v) is 13.9. The lowest BCUT2D eigenvalue weighted by molar-refractivity contribution is 0.0276. The van der Waals surface area contributed by atoms with Gasteiger partial charge in [-0.3, -0.25) is 20.7 Å². The van der Waals surface area contributed by atoms with Crippen molar-refractivity contribution in [2.75, 3.05) is 25.1 Å². The number of hydrazine groups is 1. The molecule has 7 nitrogen and oxygen atoms in total. The number of amides is 1. The van der Waals surface area contributed by atoms with Crippen LogP contribution in [0.3, 0.4) is 0 Å². The second-order valence-corrected chi connectivity index (χ2v) is 6.29. The van der Waals surface area contributed by atoms with E-state index in [9.17, 15) is 9.18 Å². The molecule has 1 amide bonds. The molecule has 1 aromatic carbocycles. The minimum absolute atomic E-state index is 0.0216. The van der Waals surface area contributed by atoms with E-state index in [1.807, 2.05) is 20.8 Å². The molecule has 0 atom stereocenters. The van der Waals surface area contributed by atoms with Crippen molar-refractivity contribution >= 4 is 17.6 Å². The molecule has 1 aliphatic heterocycles. The summed E-state index contributed by atoms with van der Waals surface area (Å²) in [6.07, 6.45) is -0.402. The molecule has 0 aliphatic carbocycles. The highest BCUT2D eigenvalue weighted by atomic mass is 19.1. The predicted octanol–water partition coefficient (Wildman–Crippen LogP) is 2.26. The molecular formula is C16H20FN5O2. The zero-order valence-electron chi connectivity index (χ0n) is 13.9. The van der Waals surface area contributed by atoms with E-state index in [1.54, 1.807) is 17.0 Å². The Bertz CT molecular complexity index is 691. The summed E-state index contributed by atoms with van der Waals surface area (Å²) in [5.41, 5.74) is 5.52. The van der Waals surface area contributed by atoms with Crippen LogP contribution in [-0.2, 0) is 4.74 Å². The maximum Gasteiger partial charge on any atom is 0.410 e. The van der Waals surface area contributed by atoms with E-state index in [-0.39, 0.29) is 12.1 Å². The first-order chi connectivity index (χ1) is 11.3. The molecule has 0 saturated carbocycles. The number of anilines is 1. The van der Waals surface area contributed by atoms with Crippen LogP contribution < -0.4 is 10.9 Å². The summed E-state index contributed by atoms with van der Waals surface area (Å²) in [4.78, 5) is 17.9. The van der Waals surface area contributed by atoms with Crippen molar-refractivity contribution in [3.8, 4) is 6.07 Å². The number of hydrogen-bond acceptors (Lipinski definition) is 6. The summed E-state index contributed by atoms with van der Waals surface area (Å²) in [7, 11) is 0. The van der Waals surface area contributed by atoms with Crippen LogP contribution >= 0.6 is 0 Å². The number of halogens is 1. The highest BCUT2D eigenvalue weighted by Crippen LogP contribution is 2.13. The van der Waals surface area contributed by atoms with Crippen LogP contribution in [-0.4, -0.2) is 42.1 Å². The Morgan fingerprint density at radius 3 is 2.79 bits per heavy atom. The molecule has 1 aliphatic rings. The number of carbonyl (C=O) groups excluding carboxylic acids is 1. The van der Waals surface area contributed by atoms with E-state index in [0.717, 1.165) is 0 Å². The number of rotatable bonds is 2. The van der Waals surface area contributed by atoms with Crippen LogP contribution in [0.25, 0.3) is 0 Å². The van der Waals surface area contributed by atoms with E-state index in [1.165, 1.54) is 12.1 Å². The molecule has 0 bridgehead atoms. The molecule has 0 fully saturated rings. The summed E-state index contributed by atoms with van der Waals surface area (Å²) in [6.45, 7) is 6.62. The normalized spacial score (nSPS) is 14.5. The van der Waals surface area contributed by atoms with Gasteiger partial charge in [0.15, 0.2) is 0 Å². The third-order valence-corrected chi connectivity index (χ3v) is 3.11. The van der Waals surface area contributed by atoms with Gasteiger partial charge in [-0.15, -0.1) is 0 Å². The molecule has 2 N–H and O–H groups in total. The zero-order chi connectivity index (χ0) is 17.7. The van der Waals surface area contributed by atoms with Gasteiger partial charge in [0, 0.05) is 12.6 Å². The van der Waals surface area contributed by atoms with Gasteiger partial charge < -0.3 is 4.74 Å². The first-order valence-corrected chi connectivity index (χ1v) is 7.51. The standard InChI is InChI=1S/C16H20FN5O2/c1-16(2,3)24-15(23)22-7-6-19-14(10-22)21-20-12-5-4-11(9-18)13(17)8-12/h4-5,8,20H,6-7,10H2,1-3H3,(H,19,21). The topological polar surface area (TPSA) is 89.8 Å². The lowest BCUT2D eigenvalue weighted by Crippen LogP contribution is -2.48. The van der Waals surface area contributed by atoms with Gasteiger partial charge in [0.25, 0.3) is 0 Å². The van der Waals surface area contributed by atoms with E-state index in [2.05, 4.69) is 15.8 Å². The fourth-order valence-electron chi connectivity index (χ4n) is 2.00. The Morgan fingerprint density at radius 1 is 1.42 bits per heavy atom. The molecule has 1 aromatic rings. The number of nitriles is 1. The van der Waals surface area contributed by atoms with Crippen LogP contribution in [0.1, 0.15) is 26.3 Å². The Balaban J connectivity index is 1.92. The number of aliphatic imine (C=N–C) groups is 1. The largest absolute Gasteiger partial charge is 0.444 e. The first-order valence-electron chi connectivity index (χ1n) is 7.51. The molecule has 0 spiro atoms. The minimum atomic E-state index is -0.606. The Morgan fingerprint density at radius 2 is 2.17 bits per heavy atom. The van der Waals surface area contributed by atoms with Crippen molar-refractivity contribution in [1.29, 1.82) is 5.26 Å². The van der Waals surface area contributed by atoms with Crippen LogP contribution in [0.4, 0.5) is 14.9 Å². The quantitative estimate of drug-likeness (QED) is 0.810. The van der Waals surface area contributed by atoms with Gasteiger partial charge in [0.05, 0.1) is 24.3 Å². The molecule has 0 saturated heterocycles. The maximum atomic E-state index is 13.6. The van der Waals surface area contributed by atoms with E-state index in [0.29, 0.717) is 24.6 Å². The molecule has 0 aromatic heterocycles. The highest BCUT2D eigenvalue weighted by Gasteiger charge is 2.24. The number of ether oxygens (including phenoxy) is 1. The average molecular weight is 333 g/mol. The van der Waals surface area contributed by atoms with E-state index < -0.39 is 17.5 Å². The van der Waals surface area contributed by atoms with Crippen molar-refractivity contribution in [2.24, 2.45) is 4.99 Å². The molecule has 128 valence electrons. The summed E-state index contributed by atoms with van der Waals surface area (Å²) in [5, 5.41) is 8.71. The number of amidine groups is 1. The molecular weight excluding hydrogens is 313 g/mol. The van der Waals surface area contributed by atoms with Crippen molar-refractivity contribution in [3.63, 3.8) is 0 Å². The average Bonchev–Trinajstić information content (AvgIpc) is 2.52. The number of nitrogens with one attached hydrogen (secondary N) is 2. The molecule has 8 heteroatoms. The summed E-state index contributed by atoms with van der Waals surface area (Å²) in [6, 6.07) is 5.93. The summed E-state index contributed by atoms with van der Waals surface area (Å²) >= 11 is 0. The van der Waals surface area contributed by atoms with Crippen LogP contribution in [0.2, 0.25) is 0 Å². The van der Waals surface area contributed by atoms with Gasteiger partial charge in [-0.05, 0) is 32.9 Å². The number of benzene rings is 1. The minimum Gasteiger partial charge on any atom is -0.444 e. The molecule has 1 heterocycles. The second-order valence-electron chi connectivity index (χ2n) is 6.29. The maximum absolute atomic E-state index is 13.6.